The highest BCUT2D eigenvalue weighted by molar-refractivity contribution is 8.01. The van der Waals surface area contributed by atoms with Gasteiger partial charge in [0.2, 0.25) is 0 Å². The smallest absolute Gasteiger partial charge is 0.375 e. The molecule has 0 aliphatic carbocycles. The van der Waals surface area contributed by atoms with Gasteiger partial charge in [0.15, 0.2) is 15.9 Å². The number of carboxylic acid groups (broad SMARTS) is 2. The predicted molar refractivity (Wildman–Crippen MR) is 164 cm³/mol. The second kappa shape index (κ2) is 13.1. The molecular weight excluding hydrogens is 669 g/mol. The molecule has 0 spiro atoms. The Balaban J connectivity index is 1.33. The second-order valence-electron chi connectivity index (χ2n) is 9.23. The lowest BCUT2D eigenvalue weighted by Crippen LogP contribution is -2.71. The Hall–Kier alpha value is -4.65. The zero-order valence-electron chi connectivity index (χ0n) is 22.9. The number of hydrogen-bond acceptors (Lipinski definition) is 16. The number of fused-ring (bicyclic) bond motifs is 2. The zero-order chi connectivity index (χ0) is 32.4. The van der Waals surface area contributed by atoms with Gasteiger partial charge in [0.05, 0.1) is 6.07 Å². The second-order valence-corrected chi connectivity index (χ2v) is 12.7. The summed E-state index contributed by atoms with van der Waals surface area (Å²) < 4.78 is 1.26. The molecule has 0 aromatic carbocycles. The van der Waals surface area contributed by atoms with Crippen molar-refractivity contribution in [3.63, 3.8) is 0 Å². The molecule has 17 nitrogen and oxygen atoms in total. The number of thioether (sulfide) groups is 2. The van der Waals surface area contributed by atoms with E-state index in [0.29, 0.717) is 16.3 Å². The SMILES string of the molecule is Cc1cc(SCC2=C(C(=O)O)N3C(=O)C(NC(=O)C(=NOC(=S)CCC#N)c4csc(N)n4)C3SC2)n2nc(C(=O)O)nc2n1. The Kier molecular flexibility index (Phi) is 9.28. The minimum atomic E-state index is -1.32. The van der Waals surface area contributed by atoms with Gasteiger partial charge in [-0.25, -0.2) is 19.6 Å². The summed E-state index contributed by atoms with van der Waals surface area (Å²) in [6.45, 7) is 1.70. The Morgan fingerprint density at radius 2 is 2.09 bits per heavy atom. The summed E-state index contributed by atoms with van der Waals surface area (Å²) >= 11 is 8.52. The molecule has 2 atom stereocenters. The molecule has 0 radical (unpaired) electrons. The van der Waals surface area contributed by atoms with Crippen molar-refractivity contribution in [3.05, 3.63) is 39.9 Å². The first kappa shape index (κ1) is 31.8. The van der Waals surface area contributed by atoms with Gasteiger partial charge >= 0.3 is 11.9 Å². The van der Waals surface area contributed by atoms with E-state index in [1.807, 2.05) is 6.07 Å². The van der Waals surface area contributed by atoms with Gasteiger partial charge in [0, 0.05) is 35.4 Å². The number of β-lactam (4-membered cyclic amide) rings is 1. The molecule has 21 heteroatoms. The molecule has 1 saturated heterocycles. The third kappa shape index (κ3) is 6.58. The van der Waals surface area contributed by atoms with Crippen LogP contribution in [0, 0.1) is 18.3 Å². The van der Waals surface area contributed by atoms with E-state index < -0.39 is 41.0 Å². The number of thiazole rings is 1. The molecule has 2 unspecified atom stereocenters. The molecule has 2 aliphatic heterocycles. The highest BCUT2D eigenvalue weighted by atomic mass is 32.2. The minimum Gasteiger partial charge on any atom is -0.477 e. The molecule has 5 heterocycles. The number of hydrogen-bond donors (Lipinski definition) is 4. The van der Waals surface area contributed by atoms with Crippen LogP contribution in [-0.2, 0) is 19.2 Å². The number of nitriles is 1. The van der Waals surface area contributed by atoms with Crippen LogP contribution in [0.25, 0.3) is 5.78 Å². The number of oxime groups is 1. The number of carbonyl (C=O) groups is 4. The van der Waals surface area contributed by atoms with E-state index in [9.17, 15) is 29.4 Å². The van der Waals surface area contributed by atoms with Crippen LogP contribution >= 0.6 is 47.1 Å². The summed E-state index contributed by atoms with van der Waals surface area (Å²) in [5.41, 5.74) is 6.26. The van der Waals surface area contributed by atoms with Gasteiger partial charge in [-0.2, -0.15) is 14.8 Å². The van der Waals surface area contributed by atoms with E-state index in [4.69, 9.17) is 28.1 Å². The standard InChI is InChI=1S/C24H20N10O7S4/c1-9-5-12(34-24(27-9)30-17(31-34)22(39)40)43-6-10-7-44-20-15(19(36)33(20)16(10)21(37)38)29-18(35)14(11-8-45-23(26)28-11)32-41-13(42)3-2-4-25/h5,8,15,20H,2-3,6-7H2,1H3,(H2,26,28)(H,29,35)(H,37,38)(H,39,40). The molecule has 0 bridgehead atoms. The van der Waals surface area contributed by atoms with Gasteiger partial charge in [0.25, 0.3) is 23.4 Å². The number of nitrogens with zero attached hydrogens (tertiary/aromatic N) is 8. The fraction of sp³-hybridized carbons (Fsp3) is 0.292. The van der Waals surface area contributed by atoms with Crippen LogP contribution in [0.4, 0.5) is 5.13 Å². The molecule has 2 amide bonds. The van der Waals surface area contributed by atoms with Crippen molar-refractivity contribution in [2.45, 2.75) is 36.2 Å². The highest BCUT2D eigenvalue weighted by Gasteiger charge is 2.54. The van der Waals surface area contributed by atoms with Crippen molar-refractivity contribution in [1.29, 1.82) is 5.26 Å². The number of thiocarbonyl (C=S) groups is 1. The van der Waals surface area contributed by atoms with Gasteiger partial charge in [-0.05, 0) is 30.8 Å². The lowest BCUT2D eigenvalue weighted by molar-refractivity contribution is -0.150. The normalized spacial score (nSPS) is 17.8. The fourth-order valence-electron chi connectivity index (χ4n) is 4.21. The maximum atomic E-state index is 13.3. The number of carbonyl (C=O) groups excluding carboxylic acids is 2. The molecule has 0 saturated carbocycles. The Labute approximate surface area is 270 Å². The monoisotopic (exact) mass is 688 g/mol. The number of carboxylic acids is 2. The molecular formula is C24H20N10O7S4. The van der Waals surface area contributed by atoms with Crippen molar-refractivity contribution in [1.82, 2.24) is 34.8 Å². The van der Waals surface area contributed by atoms with E-state index in [0.717, 1.165) is 16.2 Å². The van der Waals surface area contributed by atoms with Gasteiger partial charge in [-0.15, -0.1) is 40.0 Å². The number of amides is 2. The summed E-state index contributed by atoms with van der Waals surface area (Å²) in [6, 6.07) is 2.50. The van der Waals surface area contributed by atoms with Crippen molar-refractivity contribution in [2.75, 3.05) is 17.2 Å². The predicted octanol–water partition coefficient (Wildman–Crippen LogP) is 1.05. The summed E-state index contributed by atoms with van der Waals surface area (Å²) in [6.07, 6.45) is 0.195. The first-order valence-electron chi connectivity index (χ1n) is 12.7. The number of nitrogens with two attached hydrogens (primary N) is 1. The maximum Gasteiger partial charge on any atom is 0.375 e. The number of aryl methyl sites for hydroxylation is 1. The average Bonchev–Trinajstić information content (AvgIpc) is 3.63. The van der Waals surface area contributed by atoms with Crippen molar-refractivity contribution in [3.8, 4) is 6.07 Å². The molecule has 3 aromatic rings. The number of aromatic carboxylic acids is 1. The number of rotatable bonds is 11. The quantitative estimate of drug-likeness (QED) is 0.0548. The van der Waals surface area contributed by atoms with Crippen molar-refractivity contribution >= 4 is 92.5 Å². The van der Waals surface area contributed by atoms with Gasteiger partial charge in [-0.3, -0.25) is 14.5 Å². The summed E-state index contributed by atoms with van der Waals surface area (Å²) in [7, 11) is 0. The average molecular weight is 689 g/mol. The largest absolute Gasteiger partial charge is 0.477 e. The molecule has 3 aromatic heterocycles. The van der Waals surface area contributed by atoms with Gasteiger partial charge in [-0.1, -0.05) is 5.16 Å². The first-order chi connectivity index (χ1) is 21.5. The molecule has 5 N–H and O–H groups in total. The van der Waals surface area contributed by atoms with Gasteiger partial charge in [0.1, 0.15) is 27.8 Å². The number of anilines is 1. The molecule has 45 heavy (non-hydrogen) atoms. The van der Waals surface area contributed by atoms with Crippen LogP contribution in [-0.4, -0.2) is 97.1 Å². The molecule has 1 fully saturated rings. The van der Waals surface area contributed by atoms with Crippen LogP contribution in [0.1, 0.15) is 34.8 Å². The summed E-state index contributed by atoms with van der Waals surface area (Å²) in [5.74, 6) is -4.11. The Morgan fingerprint density at radius 3 is 2.76 bits per heavy atom. The summed E-state index contributed by atoms with van der Waals surface area (Å²) in [5, 5.41) is 39.8. The number of aromatic nitrogens is 5. The van der Waals surface area contributed by atoms with E-state index >= 15 is 0 Å². The lowest BCUT2D eigenvalue weighted by Gasteiger charge is -2.49. The number of nitrogen functional groups attached to an aromatic ring is 1. The Bertz CT molecular complexity index is 1860. The number of nitrogens with one attached hydrogen (secondary N) is 1. The van der Waals surface area contributed by atoms with Crippen LogP contribution in [0.15, 0.2) is 32.9 Å². The topological polar surface area (TPSA) is 251 Å². The van der Waals surface area contributed by atoms with E-state index in [-0.39, 0.29) is 57.4 Å². The molecule has 232 valence electrons. The van der Waals surface area contributed by atoms with E-state index in [1.54, 1.807) is 13.0 Å². The Morgan fingerprint density at radius 1 is 1.31 bits per heavy atom. The third-order valence-electron chi connectivity index (χ3n) is 6.19. The van der Waals surface area contributed by atoms with E-state index in [1.165, 1.54) is 33.4 Å². The molecule has 5 rings (SSSR count). The van der Waals surface area contributed by atoms with Crippen LogP contribution in [0.3, 0.4) is 0 Å². The van der Waals surface area contributed by atoms with Crippen molar-refractivity contribution < 1.29 is 34.2 Å². The van der Waals surface area contributed by atoms with E-state index in [2.05, 4.69) is 30.5 Å². The molecule has 2 aliphatic rings. The third-order valence-corrected chi connectivity index (χ3v) is 9.56. The van der Waals surface area contributed by atoms with Crippen LogP contribution in [0.5, 0.6) is 0 Å². The van der Waals surface area contributed by atoms with Crippen molar-refractivity contribution in [2.24, 2.45) is 5.16 Å². The summed E-state index contributed by atoms with van der Waals surface area (Å²) in [4.78, 5) is 68.6. The lowest BCUT2D eigenvalue weighted by atomic mass is 10.0. The maximum absolute atomic E-state index is 13.3. The minimum absolute atomic E-state index is 0.0331. The first-order valence-corrected chi connectivity index (χ1v) is 16.0. The van der Waals surface area contributed by atoms with Crippen LogP contribution < -0.4 is 11.1 Å². The van der Waals surface area contributed by atoms with Crippen LogP contribution in [0.2, 0.25) is 0 Å². The fourth-order valence-corrected chi connectivity index (χ4v) is 7.44. The van der Waals surface area contributed by atoms with Gasteiger partial charge < -0.3 is 26.1 Å². The zero-order valence-corrected chi connectivity index (χ0v) is 26.1. The number of aliphatic carboxylic acids is 1. The highest BCUT2D eigenvalue weighted by Crippen LogP contribution is 2.41.